The predicted molar refractivity (Wildman–Crippen MR) is 92.3 cm³/mol. The van der Waals surface area contributed by atoms with E-state index >= 15 is 0 Å². The zero-order chi connectivity index (χ0) is 18.0. The van der Waals surface area contributed by atoms with Crippen LogP contribution in [0.25, 0.3) is 0 Å². The van der Waals surface area contributed by atoms with Crippen LogP contribution in [0.3, 0.4) is 0 Å². The highest BCUT2D eigenvalue weighted by Gasteiger charge is 2.32. The summed E-state index contributed by atoms with van der Waals surface area (Å²) in [6.07, 6.45) is -0.888. The summed E-state index contributed by atoms with van der Waals surface area (Å²) in [6.45, 7) is 4.46. The molecule has 0 aromatic heterocycles. The number of cyclic esters (lactones) is 1. The van der Waals surface area contributed by atoms with Crippen LogP contribution in [0.2, 0.25) is 0 Å². The van der Waals surface area contributed by atoms with Gasteiger partial charge in [0, 0.05) is 11.3 Å². The molecule has 2 amide bonds. The lowest BCUT2D eigenvalue weighted by Crippen LogP contribution is -2.34. The molecule has 1 atom stereocenters. The summed E-state index contributed by atoms with van der Waals surface area (Å²) < 4.78 is 18.5. The number of aryl methyl sites for hydroxylation is 2. The second kappa shape index (κ2) is 6.93. The van der Waals surface area contributed by atoms with Crippen LogP contribution in [0.15, 0.2) is 42.5 Å². The fraction of sp³-hybridized carbons (Fsp3) is 0.263. The quantitative estimate of drug-likeness (QED) is 0.928. The molecule has 0 saturated carbocycles. The molecule has 2 aromatic rings. The van der Waals surface area contributed by atoms with Gasteiger partial charge in [0.05, 0.1) is 13.1 Å². The van der Waals surface area contributed by atoms with E-state index in [1.54, 1.807) is 4.90 Å². The van der Waals surface area contributed by atoms with E-state index in [1.165, 1.54) is 18.2 Å². The number of halogens is 1. The maximum Gasteiger partial charge on any atom is 0.414 e. The van der Waals surface area contributed by atoms with Crippen LogP contribution in [0.1, 0.15) is 21.5 Å². The van der Waals surface area contributed by atoms with Crippen molar-refractivity contribution in [1.82, 2.24) is 5.32 Å². The lowest BCUT2D eigenvalue weighted by atomic mass is 10.1. The minimum absolute atomic E-state index is 0.169. The average Bonchev–Trinajstić information content (AvgIpc) is 2.92. The lowest BCUT2D eigenvalue weighted by molar-refractivity contribution is 0.0915. The fourth-order valence-corrected chi connectivity index (χ4v) is 2.88. The topological polar surface area (TPSA) is 58.6 Å². The summed E-state index contributed by atoms with van der Waals surface area (Å²) in [4.78, 5) is 25.7. The summed E-state index contributed by atoms with van der Waals surface area (Å²) >= 11 is 0. The standard InChI is InChI=1S/C19H19FN2O3/c1-12-6-13(2)8-16(7-12)22-11-17(25-19(22)24)10-21-18(23)14-4-3-5-15(20)9-14/h3-9,17H,10-11H2,1-2H3,(H,21,23). The highest BCUT2D eigenvalue weighted by atomic mass is 19.1. The van der Waals surface area contributed by atoms with Gasteiger partial charge in [0.15, 0.2) is 0 Å². The molecule has 1 saturated heterocycles. The Hall–Kier alpha value is -2.89. The Kier molecular flexibility index (Phi) is 4.70. The van der Waals surface area contributed by atoms with E-state index in [1.807, 2.05) is 32.0 Å². The Bertz CT molecular complexity index is 802. The Labute approximate surface area is 145 Å². The number of carbonyl (C=O) groups is 2. The third kappa shape index (κ3) is 3.96. The smallest absolute Gasteiger partial charge is 0.414 e. The van der Waals surface area contributed by atoms with Crippen LogP contribution in [0, 0.1) is 19.7 Å². The molecule has 1 heterocycles. The molecule has 6 heteroatoms. The van der Waals surface area contributed by atoms with Gasteiger partial charge in [0.1, 0.15) is 11.9 Å². The summed E-state index contributed by atoms with van der Waals surface area (Å²) in [5.74, 6) is -0.874. The van der Waals surface area contributed by atoms with Gasteiger partial charge in [-0.25, -0.2) is 9.18 Å². The van der Waals surface area contributed by atoms with E-state index in [0.29, 0.717) is 6.54 Å². The van der Waals surface area contributed by atoms with Gasteiger partial charge in [-0.3, -0.25) is 9.69 Å². The van der Waals surface area contributed by atoms with E-state index in [9.17, 15) is 14.0 Å². The number of hydrogen-bond acceptors (Lipinski definition) is 3. The number of benzene rings is 2. The molecule has 1 aliphatic heterocycles. The number of carbonyl (C=O) groups excluding carboxylic acids is 2. The molecular weight excluding hydrogens is 323 g/mol. The van der Waals surface area contributed by atoms with E-state index in [4.69, 9.17) is 4.74 Å². The van der Waals surface area contributed by atoms with Crippen LogP contribution in [0.5, 0.6) is 0 Å². The van der Waals surface area contributed by atoms with Crippen molar-refractivity contribution in [2.45, 2.75) is 20.0 Å². The molecule has 1 aliphatic rings. The number of anilines is 1. The molecule has 1 fully saturated rings. The van der Waals surface area contributed by atoms with Gasteiger partial charge in [-0.2, -0.15) is 0 Å². The van der Waals surface area contributed by atoms with Gasteiger partial charge < -0.3 is 10.1 Å². The largest absolute Gasteiger partial charge is 0.442 e. The first-order chi connectivity index (χ1) is 11.9. The summed E-state index contributed by atoms with van der Waals surface area (Å²) in [5.41, 5.74) is 3.13. The van der Waals surface area contributed by atoms with Gasteiger partial charge >= 0.3 is 6.09 Å². The summed E-state index contributed by atoms with van der Waals surface area (Å²) in [6, 6.07) is 11.3. The van der Waals surface area contributed by atoms with Crippen molar-refractivity contribution in [2.75, 3.05) is 18.0 Å². The lowest BCUT2D eigenvalue weighted by Gasteiger charge is -2.14. The minimum Gasteiger partial charge on any atom is -0.442 e. The SMILES string of the molecule is Cc1cc(C)cc(N2CC(CNC(=O)c3cccc(F)c3)OC2=O)c1. The van der Waals surface area contributed by atoms with Crippen molar-refractivity contribution in [3.63, 3.8) is 0 Å². The Morgan fingerprint density at radius 2 is 1.96 bits per heavy atom. The zero-order valence-corrected chi connectivity index (χ0v) is 14.1. The Morgan fingerprint density at radius 3 is 2.64 bits per heavy atom. The second-order valence-corrected chi connectivity index (χ2v) is 6.18. The first-order valence-electron chi connectivity index (χ1n) is 8.02. The molecule has 2 aromatic carbocycles. The van der Waals surface area contributed by atoms with Crippen molar-refractivity contribution in [3.05, 3.63) is 65.0 Å². The number of ether oxygens (including phenoxy) is 1. The number of nitrogens with zero attached hydrogens (tertiary/aromatic N) is 1. The molecule has 25 heavy (non-hydrogen) atoms. The number of nitrogens with one attached hydrogen (secondary N) is 1. The molecule has 0 bridgehead atoms. The van der Waals surface area contributed by atoms with Gasteiger partial charge in [0.25, 0.3) is 5.91 Å². The molecule has 5 nitrogen and oxygen atoms in total. The van der Waals surface area contributed by atoms with Gasteiger partial charge in [-0.1, -0.05) is 12.1 Å². The van der Waals surface area contributed by atoms with Crippen molar-refractivity contribution >= 4 is 17.7 Å². The first kappa shape index (κ1) is 17.0. The first-order valence-corrected chi connectivity index (χ1v) is 8.02. The van der Waals surface area contributed by atoms with E-state index < -0.39 is 23.9 Å². The van der Waals surface area contributed by atoms with Crippen molar-refractivity contribution in [1.29, 1.82) is 0 Å². The number of hydrogen-bond donors (Lipinski definition) is 1. The molecule has 0 aliphatic carbocycles. The minimum atomic E-state index is -0.471. The Morgan fingerprint density at radius 1 is 1.24 bits per heavy atom. The molecule has 1 unspecified atom stereocenters. The molecule has 0 radical (unpaired) electrons. The maximum absolute atomic E-state index is 13.2. The van der Waals surface area contributed by atoms with Crippen LogP contribution in [0.4, 0.5) is 14.9 Å². The van der Waals surface area contributed by atoms with Crippen molar-refractivity contribution in [3.8, 4) is 0 Å². The van der Waals surface area contributed by atoms with Crippen LogP contribution in [-0.2, 0) is 4.74 Å². The third-order valence-corrected chi connectivity index (χ3v) is 3.97. The third-order valence-electron chi connectivity index (χ3n) is 3.97. The summed E-state index contributed by atoms with van der Waals surface area (Å²) in [5, 5.41) is 2.67. The van der Waals surface area contributed by atoms with Gasteiger partial charge in [0.2, 0.25) is 0 Å². The zero-order valence-electron chi connectivity index (χ0n) is 14.1. The second-order valence-electron chi connectivity index (χ2n) is 6.18. The molecule has 130 valence electrons. The highest BCUT2D eigenvalue weighted by Crippen LogP contribution is 2.24. The van der Waals surface area contributed by atoms with Gasteiger partial charge in [-0.15, -0.1) is 0 Å². The molecule has 1 N–H and O–H groups in total. The highest BCUT2D eigenvalue weighted by molar-refractivity contribution is 5.94. The van der Waals surface area contributed by atoms with Crippen LogP contribution < -0.4 is 10.2 Å². The monoisotopic (exact) mass is 342 g/mol. The predicted octanol–water partition coefficient (Wildman–Crippen LogP) is 3.20. The summed E-state index contributed by atoms with van der Waals surface area (Å²) in [7, 11) is 0. The van der Waals surface area contributed by atoms with Crippen LogP contribution >= 0.6 is 0 Å². The molecule has 0 spiro atoms. The van der Waals surface area contributed by atoms with E-state index in [2.05, 4.69) is 5.32 Å². The molecular formula is C19H19FN2O3. The van der Waals surface area contributed by atoms with E-state index in [-0.39, 0.29) is 12.1 Å². The van der Waals surface area contributed by atoms with Gasteiger partial charge in [-0.05, 0) is 55.3 Å². The van der Waals surface area contributed by atoms with Crippen LogP contribution in [-0.4, -0.2) is 31.2 Å². The normalized spacial score (nSPS) is 16.7. The fourth-order valence-electron chi connectivity index (χ4n) is 2.88. The number of rotatable bonds is 4. The van der Waals surface area contributed by atoms with E-state index in [0.717, 1.165) is 22.9 Å². The van der Waals surface area contributed by atoms with Crippen molar-refractivity contribution < 1.29 is 18.7 Å². The maximum atomic E-state index is 13.2. The molecule has 3 rings (SSSR count). The average molecular weight is 342 g/mol. The number of amides is 2. The van der Waals surface area contributed by atoms with Crippen molar-refractivity contribution in [2.24, 2.45) is 0 Å². The Balaban J connectivity index is 1.62.